The van der Waals surface area contributed by atoms with Crippen LogP contribution < -0.4 is 10.6 Å². The Hall–Kier alpha value is -1.06. The van der Waals surface area contributed by atoms with Crippen molar-refractivity contribution in [3.05, 3.63) is 69.7 Å². The van der Waals surface area contributed by atoms with Crippen molar-refractivity contribution < 1.29 is 0 Å². The Morgan fingerprint density at radius 2 is 1.12 bits per heavy atom. The normalized spacial score (nSPS) is 20.9. The Balaban J connectivity index is 1.57. The fourth-order valence-corrected chi connectivity index (χ4v) is 3.79. The Morgan fingerprint density at radius 3 is 1.54 bits per heavy atom. The van der Waals surface area contributed by atoms with Crippen LogP contribution in [0.25, 0.3) is 0 Å². The zero-order valence-corrected chi connectivity index (χ0v) is 15.3. The van der Waals surface area contributed by atoms with E-state index < -0.39 is 0 Å². The summed E-state index contributed by atoms with van der Waals surface area (Å²) in [6, 6.07) is 17.0. The lowest BCUT2D eigenvalue weighted by Gasteiger charge is -2.33. The minimum Gasteiger partial charge on any atom is -0.308 e. The number of rotatable bonds is 6. The molecule has 2 atom stereocenters. The molecular formula is C20H24Cl2N2. The van der Waals surface area contributed by atoms with E-state index in [1.807, 2.05) is 36.4 Å². The van der Waals surface area contributed by atoms with Crippen LogP contribution in [0.15, 0.2) is 48.5 Å². The highest BCUT2D eigenvalue weighted by molar-refractivity contribution is 6.31. The van der Waals surface area contributed by atoms with Gasteiger partial charge in [0.25, 0.3) is 0 Å². The second kappa shape index (κ2) is 8.87. The third kappa shape index (κ3) is 4.73. The van der Waals surface area contributed by atoms with Gasteiger partial charge >= 0.3 is 0 Å². The van der Waals surface area contributed by atoms with Gasteiger partial charge in [-0.1, -0.05) is 72.4 Å². The fraction of sp³-hybridized carbons (Fsp3) is 0.400. The van der Waals surface area contributed by atoms with Crippen molar-refractivity contribution in [2.45, 2.75) is 50.9 Å². The SMILES string of the molecule is Clc1ccccc1CN[C@H]1CCCC[C@@H]1NCc1ccccc1Cl. The molecule has 0 aliphatic heterocycles. The van der Waals surface area contributed by atoms with Gasteiger partial charge in [0, 0.05) is 35.2 Å². The van der Waals surface area contributed by atoms with Crippen molar-refractivity contribution >= 4 is 23.2 Å². The molecule has 0 aromatic heterocycles. The molecule has 1 aliphatic carbocycles. The van der Waals surface area contributed by atoms with Crippen LogP contribution in [0.1, 0.15) is 36.8 Å². The molecule has 1 saturated carbocycles. The predicted molar refractivity (Wildman–Crippen MR) is 103 cm³/mol. The number of benzene rings is 2. The molecule has 2 aromatic carbocycles. The molecule has 1 fully saturated rings. The Bertz CT molecular complexity index is 602. The summed E-state index contributed by atoms with van der Waals surface area (Å²) in [5, 5.41) is 9.07. The third-order valence-corrected chi connectivity index (χ3v) is 5.53. The molecule has 2 N–H and O–H groups in total. The Labute approximate surface area is 154 Å². The monoisotopic (exact) mass is 362 g/mol. The van der Waals surface area contributed by atoms with E-state index in [0.717, 1.165) is 34.3 Å². The maximum atomic E-state index is 6.27. The average molecular weight is 363 g/mol. The summed E-state index contributed by atoms with van der Waals surface area (Å²) in [4.78, 5) is 0. The second-order valence-electron chi connectivity index (χ2n) is 6.44. The lowest BCUT2D eigenvalue weighted by atomic mass is 9.90. The first-order valence-electron chi connectivity index (χ1n) is 8.67. The van der Waals surface area contributed by atoms with Crippen molar-refractivity contribution in [1.82, 2.24) is 10.6 Å². The van der Waals surface area contributed by atoms with Crippen LogP contribution >= 0.6 is 23.2 Å². The summed E-state index contributed by atoms with van der Waals surface area (Å²) in [6.07, 6.45) is 4.96. The van der Waals surface area contributed by atoms with Crippen LogP contribution in [0, 0.1) is 0 Å². The maximum Gasteiger partial charge on any atom is 0.0450 e. The summed E-state index contributed by atoms with van der Waals surface area (Å²) in [7, 11) is 0. The van der Waals surface area contributed by atoms with Crippen LogP contribution in [-0.4, -0.2) is 12.1 Å². The van der Waals surface area contributed by atoms with Crippen LogP contribution in [0.4, 0.5) is 0 Å². The van der Waals surface area contributed by atoms with Crippen molar-refractivity contribution in [3.63, 3.8) is 0 Å². The molecule has 0 heterocycles. The molecule has 0 radical (unpaired) electrons. The van der Waals surface area contributed by atoms with Gasteiger partial charge in [0.15, 0.2) is 0 Å². The molecule has 128 valence electrons. The van der Waals surface area contributed by atoms with Crippen molar-refractivity contribution in [2.24, 2.45) is 0 Å². The van der Waals surface area contributed by atoms with Crippen LogP contribution in [0.2, 0.25) is 10.0 Å². The van der Waals surface area contributed by atoms with Crippen LogP contribution in [-0.2, 0) is 13.1 Å². The molecule has 1 aliphatic rings. The quantitative estimate of drug-likeness (QED) is 0.739. The fourth-order valence-electron chi connectivity index (χ4n) is 3.39. The Kier molecular flexibility index (Phi) is 6.56. The molecule has 0 saturated heterocycles. The first-order chi connectivity index (χ1) is 11.7. The van der Waals surface area contributed by atoms with Crippen LogP contribution in [0.5, 0.6) is 0 Å². The van der Waals surface area contributed by atoms with Gasteiger partial charge in [-0.15, -0.1) is 0 Å². The van der Waals surface area contributed by atoms with E-state index in [4.69, 9.17) is 23.2 Å². The van der Waals surface area contributed by atoms with Crippen LogP contribution in [0.3, 0.4) is 0 Å². The van der Waals surface area contributed by atoms with Gasteiger partial charge in [0.05, 0.1) is 0 Å². The lowest BCUT2D eigenvalue weighted by molar-refractivity contribution is 0.281. The van der Waals surface area contributed by atoms with Gasteiger partial charge in [-0.2, -0.15) is 0 Å². The molecule has 0 unspecified atom stereocenters. The van der Waals surface area contributed by atoms with Gasteiger partial charge in [-0.3, -0.25) is 0 Å². The molecule has 2 nitrogen and oxygen atoms in total. The van der Waals surface area contributed by atoms with E-state index in [-0.39, 0.29) is 0 Å². The first kappa shape index (κ1) is 17.8. The summed E-state index contributed by atoms with van der Waals surface area (Å²) < 4.78 is 0. The van der Waals surface area contributed by atoms with E-state index in [2.05, 4.69) is 22.8 Å². The molecule has 0 amide bonds. The number of hydrogen-bond donors (Lipinski definition) is 2. The van der Waals surface area contributed by atoms with E-state index in [1.54, 1.807) is 0 Å². The molecule has 0 spiro atoms. The summed E-state index contributed by atoms with van der Waals surface area (Å²) in [5.74, 6) is 0. The summed E-state index contributed by atoms with van der Waals surface area (Å²) >= 11 is 12.5. The van der Waals surface area contributed by atoms with E-state index in [0.29, 0.717) is 12.1 Å². The van der Waals surface area contributed by atoms with Crippen molar-refractivity contribution in [3.8, 4) is 0 Å². The minimum atomic E-state index is 0.470. The summed E-state index contributed by atoms with van der Waals surface area (Å²) in [5.41, 5.74) is 2.32. The van der Waals surface area contributed by atoms with E-state index in [1.165, 1.54) is 25.7 Å². The van der Waals surface area contributed by atoms with E-state index in [9.17, 15) is 0 Å². The Morgan fingerprint density at radius 1 is 0.708 bits per heavy atom. The minimum absolute atomic E-state index is 0.470. The predicted octanol–water partition coefficient (Wildman–Crippen LogP) is 5.18. The zero-order valence-electron chi connectivity index (χ0n) is 13.8. The second-order valence-corrected chi connectivity index (χ2v) is 7.26. The number of hydrogen-bond acceptors (Lipinski definition) is 2. The van der Waals surface area contributed by atoms with Gasteiger partial charge < -0.3 is 10.6 Å². The largest absolute Gasteiger partial charge is 0.308 e. The van der Waals surface area contributed by atoms with Gasteiger partial charge in [0.2, 0.25) is 0 Å². The molecule has 24 heavy (non-hydrogen) atoms. The smallest absolute Gasteiger partial charge is 0.0450 e. The molecule has 4 heteroatoms. The highest BCUT2D eigenvalue weighted by Crippen LogP contribution is 2.22. The third-order valence-electron chi connectivity index (χ3n) is 4.79. The van der Waals surface area contributed by atoms with Gasteiger partial charge in [-0.25, -0.2) is 0 Å². The topological polar surface area (TPSA) is 24.1 Å². The lowest BCUT2D eigenvalue weighted by Crippen LogP contribution is -2.49. The summed E-state index contributed by atoms with van der Waals surface area (Å²) in [6.45, 7) is 1.63. The highest BCUT2D eigenvalue weighted by atomic mass is 35.5. The van der Waals surface area contributed by atoms with Crippen molar-refractivity contribution in [1.29, 1.82) is 0 Å². The van der Waals surface area contributed by atoms with E-state index >= 15 is 0 Å². The highest BCUT2D eigenvalue weighted by Gasteiger charge is 2.24. The van der Waals surface area contributed by atoms with Gasteiger partial charge in [-0.05, 0) is 36.1 Å². The van der Waals surface area contributed by atoms with Gasteiger partial charge in [0.1, 0.15) is 0 Å². The van der Waals surface area contributed by atoms with Crippen molar-refractivity contribution in [2.75, 3.05) is 0 Å². The number of halogens is 2. The molecule has 2 aromatic rings. The first-order valence-corrected chi connectivity index (χ1v) is 9.43. The average Bonchev–Trinajstić information content (AvgIpc) is 2.61. The number of nitrogens with one attached hydrogen (secondary N) is 2. The molecule has 0 bridgehead atoms. The maximum absolute atomic E-state index is 6.27. The molecule has 3 rings (SSSR count). The molecular weight excluding hydrogens is 339 g/mol. The standard InChI is InChI=1S/C20H24Cl2N2/c21-17-9-3-1-7-15(17)13-23-19-11-5-6-12-20(19)24-14-16-8-2-4-10-18(16)22/h1-4,7-10,19-20,23-24H,5-6,11-14H2/t19-,20-/m0/s1. The zero-order chi connectivity index (χ0) is 16.8.